The zero-order valence-electron chi connectivity index (χ0n) is 16.2. The average molecular weight is 519 g/mol. The Morgan fingerprint density at radius 2 is 1.06 bits per heavy atom. The summed E-state index contributed by atoms with van der Waals surface area (Å²) in [6, 6.07) is 4.79. The van der Waals surface area contributed by atoms with E-state index in [4.69, 9.17) is 0 Å². The molecule has 1 aliphatic heterocycles. The summed E-state index contributed by atoms with van der Waals surface area (Å²) in [5.74, 6) is -43.2. The number of alkyl halides is 13. The summed E-state index contributed by atoms with van der Waals surface area (Å²) < 4.78 is 172. The third-order valence-corrected chi connectivity index (χ3v) is 4.88. The second kappa shape index (κ2) is 7.86. The molecule has 3 nitrogen and oxygen atoms in total. The average Bonchev–Trinajstić information content (AvgIpc) is 2.95. The molecule has 1 aromatic rings. The van der Waals surface area contributed by atoms with E-state index in [9.17, 15) is 66.7 Å². The van der Waals surface area contributed by atoms with Crippen molar-refractivity contribution in [1.29, 1.82) is 0 Å². The highest BCUT2D eigenvalue weighted by atomic mass is 19.4. The van der Waals surface area contributed by atoms with Crippen LogP contribution in [0.1, 0.15) is 27.6 Å². The lowest BCUT2D eigenvalue weighted by molar-refractivity contribution is -0.441. The summed E-state index contributed by atoms with van der Waals surface area (Å²) in [5, 5.41) is 0. The Balaban J connectivity index is 2.40. The van der Waals surface area contributed by atoms with E-state index in [0.717, 1.165) is 12.1 Å². The number of hydrogen-bond acceptors (Lipinski definition) is 2. The van der Waals surface area contributed by atoms with Crippen molar-refractivity contribution in [3.8, 4) is 0 Å². The van der Waals surface area contributed by atoms with Crippen LogP contribution in [0.25, 0.3) is 0 Å². The third kappa shape index (κ3) is 3.61. The Hall–Kier alpha value is -2.81. The number of allylic oxidation sites excluding steroid dienone is 1. The smallest absolute Gasteiger partial charge is 0.268 e. The van der Waals surface area contributed by atoms with Crippen LogP contribution in [0.2, 0.25) is 0 Å². The van der Waals surface area contributed by atoms with Gasteiger partial charge in [0.2, 0.25) is 0 Å². The Labute approximate surface area is 180 Å². The lowest BCUT2D eigenvalue weighted by Gasteiger charge is -2.40. The predicted octanol–water partition coefficient (Wildman–Crippen LogP) is 6.17. The van der Waals surface area contributed by atoms with Crippen molar-refractivity contribution in [2.45, 2.75) is 42.7 Å². The third-order valence-electron chi connectivity index (χ3n) is 4.88. The Bertz CT molecular complexity index is 978. The molecule has 1 aromatic carbocycles. The zero-order chi connectivity index (χ0) is 26.7. The van der Waals surface area contributed by atoms with E-state index < -0.39 is 53.5 Å². The molecule has 0 saturated carbocycles. The van der Waals surface area contributed by atoms with Gasteiger partial charge < -0.3 is 0 Å². The summed E-state index contributed by atoms with van der Waals surface area (Å²) in [6.45, 7) is -0.0152. The van der Waals surface area contributed by atoms with Gasteiger partial charge in [-0.2, -0.15) is 57.1 Å². The number of imide groups is 1. The number of halogens is 13. The highest BCUT2D eigenvalue weighted by Crippen LogP contribution is 2.61. The van der Waals surface area contributed by atoms with Crippen molar-refractivity contribution in [2.75, 3.05) is 0 Å². The minimum absolute atomic E-state index is 0.0152. The number of amides is 2. The van der Waals surface area contributed by atoms with Crippen molar-refractivity contribution in [3.63, 3.8) is 0 Å². The number of benzene rings is 1. The number of carbonyl (C=O) groups is 2. The van der Waals surface area contributed by atoms with Crippen LogP contribution in [0.4, 0.5) is 57.1 Å². The van der Waals surface area contributed by atoms with Gasteiger partial charge in [0.05, 0.1) is 11.1 Å². The molecule has 0 radical (unpaired) electrons. The lowest BCUT2D eigenvalue weighted by Crippen LogP contribution is -2.70. The predicted molar refractivity (Wildman–Crippen MR) is 86.0 cm³/mol. The van der Waals surface area contributed by atoms with Crippen LogP contribution in [0.15, 0.2) is 36.5 Å². The van der Waals surface area contributed by atoms with Gasteiger partial charge in [-0.3, -0.25) is 9.59 Å². The molecule has 1 aliphatic rings. The van der Waals surface area contributed by atoms with Crippen LogP contribution in [0.5, 0.6) is 0 Å². The van der Waals surface area contributed by atoms with Crippen molar-refractivity contribution in [2.24, 2.45) is 5.92 Å². The molecule has 0 saturated heterocycles. The number of rotatable bonds is 7. The lowest BCUT2D eigenvalue weighted by atomic mass is 9.88. The zero-order valence-corrected chi connectivity index (χ0v) is 16.2. The molecule has 190 valence electrons. The number of carbonyl (C=O) groups excluding carboxylic acids is 2. The molecule has 16 heteroatoms. The van der Waals surface area contributed by atoms with Crippen molar-refractivity contribution in [3.05, 3.63) is 47.7 Å². The van der Waals surface area contributed by atoms with Crippen LogP contribution in [0.3, 0.4) is 0 Å². The second-order valence-corrected chi connectivity index (χ2v) is 7.07. The van der Waals surface area contributed by atoms with Gasteiger partial charge in [0.1, 0.15) is 0 Å². The van der Waals surface area contributed by atoms with E-state index in [2.05, 4.69) is 0 Å². The monoisotopic (exact) mass is 519 g/mol. The highest BCUT2D eigenvalue weighted by Gasteiger charge is 2.91. The minimum atomic E-state index is -8.00. The SMILES string of the molecule is CC(/C=C/N1C(=O)c2ccccc2C1=O)C(F)(F)C(F)(F)C(F)(F)C(F)(F)C(F)(F)C(F)(F)F. The maximum atomic E-state index is 14.1. The van der Waals surface area contributed by atoms with E-state index in [1.165, 1.54) is 12.1 Å². The molecule has 1 unspecified atom stereocenters. The van der Waals surface area contributed by atoms with E-state index >= 15 is 0 Å². The quantitative estimate of drug-likeness (QED) is 0.319. The molecule has 1 heterocycles. The summed E-state index contributed by atoms with van der Waals surface area (Å²) in [4.78, 5) is 24.2. The molecule has 1 atom stereocenters. The molecule has 0 aliphatic carbocycles. The first-order valence-electron chi connectivity index (χ1n) is 8.68. The molecule has 2 amide bonds. The number of nitrogens with zero attached hydrogens (tertiary/aromatic N) is 1. The van der Waals surface area contributed by atoms with Crippen LogP contribution in [0, 0.1) is 5.92 Å². The fraction of sp³-hybridized carbons (Fsp3) is 0.444. The molecule has 2 rings (SSSR count). The Morgan fingerprint density at radius 3 is 1.44 bits per heavy atom. The van der Waals surface area contributed by atoms with Crippen molar-refractivity contribution >= 4 is 11.8 Å². The molecule has 0 spiro atoms. The Kier molecular flexibility index (Phi) is 6.35. The maximum Gasteiger partial charge on any atom is 0.460 e. The largest absolute Gasteiger partial charge is 0.460 e. The molecular weight excluding hydrogens is 509 g/mol. The normalized spacial score (nSPS) is 17.5. The van der Waals surface area contributed by atoms with Gasteiger partial charge in [0.25, 0.3) is 11.8 Å². The first-order valence-corrected chi connectivity index (χ1v) is 8.68. The van der Waals surface area contributed by atoms with Crippen LogP contribution >= 0.6 is 0 Å². The van der Waals surface area contributed by atoms with Gasteiger partial charge in [0, 0.05) is 12.1 Å². The first-order chi connectivity index (χ1) is 15.1. The Morgan fingerprint density at radius 1 is 0.676 bits per heavy atom. The minimum Gasteiger partial charge on any atom is -0.268 e. The molecular formula is C18H10F13NO2. The van der Waals surface area contributed by atoms with Gasteiger partial charge in [-0.25, -0.2) is 4.90 Å². The molecule has 0 bridgehead atoms. The summed E-state index contributed by atoms with van der Waals surface area (Å²) >= 11 is 0. The van der Waals surface area contributed by atoms with E-state index in [1.807, 2.05) is 0 Å². The van der Waals surface area contributed by atoms with Gasteiger partial charge in [0.15, 0.2) is 0 Å². The van der Waals surface area contributed by atoms with Crippen molar-refractivity contribution < 1.29 is 66.7 Å². The second-order valence-electron chi connectivity index (χ2n) is 7.07. The maximum absolute atomic E-state index is 14.1. The van der Waals surface area contributed by atoms with E-state index in [-0.39, 0.29) is 35.2 Å². The summed E-state index contributed by atoms with van der Waals surface area (Å²) in [5.41, 5.74) is -0.523. The van der Waals surface area contributed by atoms with Crippen LogP contribution in [-0.4, -0.2) is 52.5 Å². The highest BCUT2D eigenvalue weighted by molar-refractivity contribution is 6.22. The summed E-state index contributed by atoms with van der Waals surface area (Å²) in [6.07, 6.45) is -7.55. The van der Waals surface area contributed by atoms with Gasteiger partial charge in [-0.05, 0) is 12.1 Å². The van der Waals surface area contributed by atoms with Gasteiger partial charge in [-0.1, -0.05) is 25.1 Å². The number of hydrogen-bond donors (Lipinski definition) is 0. The topological polar surface area (TPSA) is 37.4 Å². The standard InChI is InChI=1S/C18H10F13NO2/c1-8(6-7-32-11(33)9-4-2-3-5-10(9)12(32)34)13(19,20)14(21,22)15(23,24)16(25,26)17(27,28)18(29,30)31/h2-8H,1H3/b7-6+. The number of fused-ring (bicyclic) bond motifs is 1. The van der Waals surface area contributed by atoms with Crippen LogP contribution < -0.4 is 0 Å². The van der Waals surface area contributed by atoms with Gasteiger partial charge in [-0.15, -0.1) is 0 Å². The van der Waals surface area contributed by atoms with Gasteiger partial charge >= 0.3 is 35.8 Å². The van der Waals surface area contributed by atoms with E-state index in [1.54, 1.807) is 0 Å². The van der Waals surface area contributed by atoms with Crippen LogP contribution in [-0.2, 0) is 0 Å². The molecule has 0 aromatic heterocycles. The van der Waals surface area contributed by atoms with E-state index in [0.29, 0.717) is 0 Å². The fourth-order valence-electron chi connectivity index (χ4n) is 2.75. The summed E-state index contributed by atoms with van der Waals surface area (Å²) in [7, 11) is 0. The van der Waals surface area contributed by atoms with Crippen molar-refractivity contribution in [1.82, 2.24) is 4.90 Å². The molecule has 34 heavy (non-hydrogen) atoms. The first kappa shape index (κ1) is 27.4. The molecule has 0 fully saturated rings. The fourth-order valence-corrected chi connectivity index (χ4v) is 2.75. The molecule has 0 N–H and O–H groups in total.